The average Bonchev–Trinajstić information content (AvgIpc) is 2.68. The maximum Gasteiger partial charge on any atom is 0.270 e. The molecule has 0 saturated heterocycles. The van der Waals surface area contributed by atoms with Crippen LogP contribution in [0.4, 0.5) is 11.6 Å². The van der Waals surface area contributed by atoms with Crippen molar-refractivity contribution in [3.8, 4) is 5.75 Å². The van der Waals surface area contributed by atoms with Crippen LogP contribution in [0.25, 0.3) is 0 Å². The molecule has 2 N–H and O–H groups in total. The van der Waals surface area contributed by atoms with Crippen molar-refractivity contribution < 1.29 is 9.53 Å². The molecule has 3 rings (SSSR count). The lowest BCUT2D eigenvalue weighted by atomic mass is 10.2. The third kappa shape index (κ3) is 5.28. The van der Waals surface area contributed by atoms with Gasteiger partial charge in [-0.15, -0.1) is 0 Å². The number of ether oxygens (including phenoxy) is 1. The summed E-state index contributed by atoms with van der Waals surface area (Å²) in [4.78, 5) is 21.1. The third-order valence-electron chi connectivity index (χ3n) is 3.80. The van der Waals surface area contributed by atoms with E-state index in [0.29, 0.717) is 30.5 Å². The molecule has 3 aromatic rings. The zero-order chi connectivity index (χ0) is 19.1. The fourth-order valence-electron chi connectivity index (χ4n) is 2.54. The largest absolute Gasteiger partial charge is 0.494 e. The number of benzene rings is 2. The highest BCUT2D eigenvalue weighted by Gasteiger charge is 2.11. The number of nitrogens with one attached hydrogen (secondary N) is 2. The van der Waals surface area contributed by atoms with Crippen molar-refractivity contribution in [3.63, 3.8) is 0 Å². The number of carbonyl (C=O) groups excluding carboxylic acids is 1. The minimum absolute atomic E-state index is 0.237. The van der Waals surface area contributed by atoms with Gasteiger partial charge in [0.25, 0.3) is 5.91 Å². The number of carbonyl (C=O) groups is 1. The van der Waals surface area contributed by atoms with Gasteiger partial charge in [-0.3, -0.25) is 4.79 Å². The van der Waals surface area contributed by atoms with Gasteiger partial charge in [0.05, 0.1) is 6.61 Å². The molecule has 0 aliphatic carbocycles. The predicted octanol–water partition coefficient (Wildman–Crippen LogP) is 3.86. The van der Waals surface area contributed by atoms with Crippen molar-refractivity contribution in [2.75, 3.05) is 11.9 Å². The van der Waals surface area contributed by atoms with Crippen molar-refractivity contribution in [2.45, 2.75) is 20.4 Å². The monoisotopic (exact) mass is 362 g/mol. The van der Waals surface area contributed by atoms with Crippen molar-refractivity contribution in [1.29, 1.82) is 0 Å². The zero-order valence-electron chi connectivity index (χ0n) is 15.4. The Hall–Kier alpha value is -3.41. The first-order chi connectivity index (χ1) is 13.1. The molecule has 0 atom stereocenters. The second-order valence-corrected chi connectivity index (χ2v) is 5.97. The standard InChI is InChI=1S/C21H22N4O2/c1-3-27-18-11-9-17(10-12-18)24-21-23-15(2)13-19(25-21)20(26)22-14-16-7-5-4-6-8-16/h4-13H,3,14H2,1-2H3,(H,22,26)(H,23,24,25). The number of hydrogen-bond acceptors (Lipinski definition) is 5. The molecular formula is C21H22N4O2. The van der Waals surface area contributed by atoms with Crippen LogP contribution in [0.5, 0.6) is 5.75 Å². The van der Waals surface area contributed by atoms with E-state index >= 15 is 0 Å². The minimum atomic E-state index is -0.237. The summed E-state index contributed by atoms with van der Waals surface area (Å²) >= 11 is 0. The first-order valence-electron chi connectivity index (χ1n) is 8.81. The molecule has 27 heavy (non-hydrogen) atoms. The first-order valence-corrected chi connectivity index (χ1v) is 8.81. The van der Waals surface area contributed by atoms with Crippen LogP contribution in [0.1, 0.15) is 28.7 Å². The maximum absolute atomic E-state index is 12.4. The molecular weight excluding hydrogens is 340 g/mol. The van der Waals surface area contributed by atoms with Crippen LogP contribution in [0.2, 0.25) is 0 Å². The molecule has 6 nitrogen and oxygen atoms in total. The van der Waals surface area contributed by atoms with Gasteiger partial charge in [-0.2, -0.15) is 0 Å². The second kappa shape index (κ2) is 8.80. The van der Waals surface area contributed by atoms with E-state index in [-0.39, 0.29) is 5.91 Å². The smallest absolute Gasteiger partial charge is 0.270 e. The third-order valence-corrected chi connectivity index (χ3v) is 3.80. The lowest BCUT2D eigenvalue weighted by molar-refractivity contribution is 0.0945. The minimum Gasteiger partial charge on any atom is -0.494 e. The van der Waals surface area contributed by atoms with E-state index in [1.807, 2.05) is 68.4 Å². The van der Waals surface area contributed by atoms with Gasteiger partial charge in [0.2, 0.25) is 5.95 Å². The molecule has 6 heteroatoms. The Morgan fingerprint density at radius 2 is 1.78 bits per heavy atom. The zero-order valence-corrected chi connectivity index (χ0v) is 15.4. The number of anilines is 2. The Morgan fingerprint density at radius 1 is 1.04 bits per heavy atom. The molecule has 1 aromatic heterocycles. The van der Waals surface area contributed by atoms with Gasteiger partial charge in [0, 0.05) is 17.9 Å². The van der Waals surface area contributed by atoms with E-state index in [9.17, 15) is 4.79 Å². The molecule has 0 bridgehead atoms. The van der Waals surface area contributed by atoms with E-state index in [0.717, 1.165) is 17.0 Å². The van der Waals surface area contributed by atoms with Crippen molar-refractivity contribution in [2.24, 2.45) is 0 Å². The quantitative estimate of drug-likeness (QED) is 0.667. The van der Waals surface area contributed by atoms with Crippen molar-refractivity contribution >= 4 is 17.5 Å². The van der Waals surface area contributed by atoms with Crippen molar-refractivity contribution in [3.05, 3.63) is 77.6 Å². The van der Waals surface area contributed by atoms with E-state index in [1.165, 1.54) is 0 Å². The number of nitrogens with zero attached hydrogens (tertiary/aromatic N) is 2. The van der Waals surface area contributed by atoms with Crippen LogP contribution in [0.3, 0.4) is 0 Å². The topological polar surface area (TPSA) is 76.1 Å². The van der Waals surface area contributed by atoms with Gasteiger partial charge < -0.3 is 15.4 Å². The average molecular weight is 362 g/mol. The molecule has 1 heterocycles. The molecule has 0 spiro atoms. The van der Waals surface area contributed by atoms with E-state index in [1.54, 1.807) is 6.07 Å². The fourth-order valence-corrected chi connectivity index (χ4v) is 2.54. The highest BCUT2D eigenvalue weighted by Crippen LogP contribution is 2.18. The van der Waals surface area contributed by atoms with Gasteiger partial charge in [-0.25, -0.2) is 9.97 Å². The van der Waals surface area contributed by atoms with Gasteiger partial charge in [-0.1, -0.05) is 30.3 Å². The van der Waals surface area contributed by atoms with Crippen LogP contribution in [0, 0.1) is 6.92 Å². The van der Waals surface area contributed by atoms with Crippen LogP contribution in [-0.2, 0) is 6.54 Å². The molecule has 0 saturated carbocycles. The van der Waals surface area contributed by atoms with Gasteiger partial charge in [0.1, 0.15) is 11.4 Å². The van der Waals surface area contributed by atoms with E-state index in [4.69, 9.17) is 4.74 Å². The summed E-state index contributed by atoms with van der Waals surface area (Å²) < 4.78 is 5.43. The number of amides is 1. The molecule has 0 unspecified atom stereocenters. The van der Waals surface area contributed by atoms with Crippen LogP contribution in [0.15, 0.2) is 60.7 Å². The lowest BCUT2D eigenvalue weighted by Gasteiger charge is -2.10. The Morgan fingerprint density at radius 3 is 2.48 bits per heavy atom. The molecule has 1 amide bonds. The first kappa shape index (κ1) is 18.4. The number of aromatic nitrogens is 2. The summed E-state index contributed by atoms with van der Waals surface area (Å²) in [6, 6.07) is 18.9. The molecule has 0 aliphatic rings. The number of hydrogen-bond donors (Lipinski definition) is 2. The van der Waals surface area contributed by atoms with E-state index in [2.05, 4.69) is 20.6 Å². The Kier molecular flexibility index (Phi) is 5.99. The Bertz CT molecular complexity index is 896. The fraction of sp³-hybridized carbons (Fsp3) is 0.190. The Balaban J connectivity index is 1.68. The molecule has 2 aromatic carbocycles. The second-order valence-electron chi connectivity index (χ2n) is 5.97. The number of rotatable bonds is 7. The van der Waals surface area contributed by atoms with Crippen LogP contribution in [-0.4, -0.2) is 22.5 Å². The maximum atomic E-state index is 12.4. The molecule has 0 aliphatic heterocycles. The summed E-state index contributed by atoms with van der Waals surface area (Å²) in [6.45, 7) is 4.84. The summed E-state index contributed by atoms with van der Waals surface area (Å²) in [7, 11) is 0. The van der Waals surface area contributed by atoms with Crippen LogP contribution < -0.4 is 15.4 Å². The predicted molar refractivity (Wildman–Crippen MR) is 105 cm³/mol. The summed E-state index contributed by atoms with van der Waals surface area (Å²) in [5.74, 6) is 0.942. The van der Waals surface area contributed by atoms with Gasteiger partial charge in [-0.05, 0) is 49.7 Å². The molecule has 138 valence electrons. The SMILES string of the molecule is CCOc1ccc(Nc2nc(C)cc(C(=O)NCc3ccccc3)n2)cc1. The summed E-state index contributed by atoms with van der Waals surface area (Å²) in [5, 5.41) is 6.01. The normalized spacial score (nSPS) is 10.3. The van der Waals surface area contributed by atoms with Gasteiger partial charge in [0.15, 0.2) is 0 Å². The molecule has 0 fully saturated rings. The highest BCUT2D eigenvalue weighted by molar-refractivity contribution is 5.92. The van der Waals surface area contributed by atoms with E-state index < -0.39 is 0 Å². The highest BCUT2D eigenvalue weighted by atomic mass is 16.5. The van der Waals surface area contributed by atoms with Gasteiger partial charge >= 0.3 is 0 Å². The number of aryl methyl sites for hydroxylation is 1. The summed E-state index contributed by atoms with van der Waals surface area (Å²) in [5.41, 5.74) is 2.89. The molecule has 0 radical (unpaired) electrons. The lowest BCUT2D eigenvalue weighted by Crippen LogP contribution is -2.24. The van der Waals surface area contributed by atoms with Crippen LogP contribution >= 0.6 is 0 Å². The summed E-state index contributed by atoms with van der Waals surface area (Å²) in [6.07, 6.45) is 0. The Labute approximate surface area is 158 Å². The van der Waals surface area contributed by atoms with Crippen molar-refractivity contribution in [1.82, 2.24) is 15.3 Å².